The van der Waals surface area contributed by atoms with Gasteiger partial charge in [-0.05, 0) is 56.0 Å². The zero-order chi connectivity index (χ0) is 24.4. The second-order valence-corrected chi connectivity index (χ2v) is 11.5. The molecular formula is C26H34N4O4S. The van der Waals surface area contributed by atoms with Crippen molar-refractivity contribution in [1.82, 2.24) is 4.31 Å². The molecule has 1 unspecified atom stereocenters. The number of nitrogens with one attached hydrogen (secondary N) is 1. The summed E-state index contributed by atoms with van der Waals surface area (Å²) in [5.74, 6) is -0.0281. The maximum atomic E-state index is 13.3. The van der Waals surface area contributed by atoms with Crippen molar-refractivity contribution in [3.05, 3.63) is 48.0 Å². The van der Waals surface area contributed by atoms with Crippen LogP contribution in [0.4, 0.5) is 17.1 Å². The van der Waals surface area contributed by atoms with Gasteiger partial charge in [0.05, 0.1) is 36.0 Å². The van der Waals surface area contributed by atoms with Gasteiger partial charge in [-0.25, -0.2) is 8.42 Å². The predicted octanol–water partition coefficient (Wildman–Crippen LogP) is 3.09. The van der Waals surface area contributed by atoms with Crippen molar-refractivity contribution >= 4 is 33.0 Å². The van der Waals surface area contributed by atoms with Crippen molar-refractivity contribution in [3.8, 4) is 0 Å². The molecule has 3 aliphatic heterocycles. The summed E-state index contributed by atoms with van der Waals surface area (Å²) in [4.78, 5) is 17.6. The minimum Gasteiger partial charge on any atom is -0.378 e. The lowest BCUT2D eigenvalue weighted by Gasteiger charge is -2.32. The van der Waals surface area contributed by atoms with Crippen LogP contribution in [0.1, 0.15) is 31.7 Å². The molecule has 2 fully saturated rings. The zero-order valence-electron chi connectivity index (χ0n) is 20.3. The van der Waals surface area contributed by atoms with Crippen LogP contribution in [0.5, 0.6) is 0 Å². The Morgan fingerprint density at radius 3 is 2.51 bits per heavy atom. The quantitative estimate of drug-likeness (QED) is 0.659. The van der Waals surface area contributed by atoms with E-state index in [1.165, 1.54) is 5.56 Å². The average Bonchev–Trinajstić information content (AvgIpc) is 3.24. The lowest BCUT2D eigenvalue weighted by atomic mass is 10.1. The van der Waals surface area contributed by atoms with Gasteiger partial charge in [-0.15, -0.1) is 0 Å². The van der Waals surface area contributed by atoms with E-state index in [9.17, 15) is 13.2 Å². The molecule has 3 aliphatic rings. The number of benzene rings is 2. The third-order valence-electron chi connectivity index (χ3n) is 7.18. The SMILES string of the molecule is CC1Cc2ccccc2N1C(=O)CNc1cc(S(=O)(=O)N2CCCCC2)ccc1N1CCOCC1. The Labute approximate surface area is 207 Å². The molecule has 0 radical (unpaired) electrons. The molecule has 1 atom stereocenters. The number of ether oxygens (including phenoxy) is 1. The predicted molar refractivity (Wildman–Crippen MR) is 138 cm³/mol. The van der Waals surface area contributed by atoms with Gasteiger partial charge < -0.3 is 19.9 Å². The second kappa shape index (κ2) is 10.2. The Kier molecular flexibility index (Phi) is 7.00. The van der Waals surface area contributed by atoms with Crippen molar-refractivity contribution in [2.45, 2.75) is 43.5 Å². The first-order valence-electron chi connectivity index (χ1n) is 12.6. The van der Waals surface area contributed by atoms with E-state index in [1.54, 1.807) is 16.4 Å². The van der Waals surface area contributed by atoms with E-state index < -0.39 is 10.0 Å². The summed E-state index contributed by atoms with van der Waals surface area (Å²) >= 11 is 0. The first kappa shape index (κ1) is 24.1. The first-order valence-corrected chi connectivity index (χ1v) is 14.0. The highest BCUT2D eigenvalue weighted by Gasteiger charge is 2.31. The lowest BCUT2D eigenvalue weighted by molar-refractivity contribution is -0.117. The monoisotopic (exact) mass is 498 g/mol. The van der Waals surface area contributed by atoms with E-state index in [-0.39, 0.29) is 23.4 Å². The van der Waals surface area contributed by atoms with Crippen molar-refractivity contribution in [2.24, 2.45) is 0 Å². The molecule has 1 amide bonds. The van der Waals surface area contributed by atoms with Gasteiger partial charge in [0.15, 0.2) is 0 Å². The number of anilines is 3. The van der Waals surface area contributed by atoms with E-state index in [0.717, 1.165) is 50.1 Å². The Bertz CT molecular complexity index is 1170. The van der Waals surface area contributed by atoms with Gasteiger partial charge in [0.25, 0.3) is 0 Å². The van der Waals surface area contributed by atoms with Gasteiger partial charge in [0, 0.05) is 37.9 Å². The number of sulfonamides is 1. The summed E-state index contributed by atoms with van der Waals surface area (Å²) < 4.78 is 33.8. The lowest BCUT2D eigenvalue weighted by Crippen LogP contribution is -2.40. The molecule has 2 saturated heterocycles. The van der Waals surface area contributed by atoms with Crippen molar-refractivity contribution in [3.63, 3.8) is 0 Å². The van der Waals surface area contributed by atoms with Crippen LogP contribution < -0.4 is 15.1 Å². The molecule has 1 N–H and O–H groups in total. The van der Waals surface area contributed by atoms with E-state index in [2.05, 4.69) is 23.2 Å². The van der Waals surface area contributed by atoms with Crippen LogP contribution >= 0.6 is 0 Å². The Morgan fingerprint density at radius 2 is 1.74 bits per heavy atom. The largest absolute Gasteiger partial charge is 0.378 e. The molecule has 2 aromatic rings. The molecule has 0 aliphatic carbocycles. The average molecular weight is 499 g/mol. The third kappa shape index (κ3) is 4.90. The molecule has 2 aromatic carbocycles. The second-order valence-electron chi connectivity index (χ2n) is 9.54. The molecular weight excluding hydrogens is 464 g/mol. The van der Waals surface area contributed by atoms with Gasteiger partial charge >= 0.3 is 0 Å². The molecule has 8 nitrogen and oxygen atoms in total. The Hall–Kier alpha value is -2.62. The molecule has 188 valence electrons. The number of amides is 1. The topological polar surface area (TPSA) is 82.2 Å². The van der Waals surface area contributed by atoms with Crippen molar-refractivity contribution < 1.29 is 17.9 Å². The maximum Gasteiger partial charge on any atom is 0.246 e. The highest BCUT2D eigenvalue weighted by Crippen LogP contribution is 2.34. The van der Waals surface area contributed by atoms with Gasteiger partial charge in [-0.1, -0.05) is 24.6 Å². The van der Waals surface area contributed by atoms with Crippen LogP contribution in [0.2, 0.25) is 0 Å². The molecule has 5 rings (SSSR count). The minimum absolute atomic E-state index is 0.0281. The van der Waals surface area contributed by atoms with Crippen LogP contribution in [-0.2, 0) is 26.0 Å². The van der Waals surface area contributed by atoms with Crippen LogP contribution in [-0.4, -0.2) is 70.6 Å². The smallest absolute Gasteiger partial charge is 0.246 e. The number of hydrogen-bond acceptors (Lipinski definition) is 6. The van der Waals surface area contributed by atoms with Crippen molar-refractivity contribution in [2.75, 3.05) is 61.1 Å². The summed E-state index contributed by atoms with van der Waals surface area (Å²) in [7, 11) is -3.58. The summed E-state index contributed by atoms with van der Waals surface area (Å²) in [5.41, 5.74) is 3.70. The fraction of sp³-hybridized carbons (Fsp3) is 0.500. The molecule has 9 heteroatoms. The van der Waals surface area contributed by atoms with Gasteiger partial charge in [0.2, 0.25) is 15.9 Å². The van der Waals surface area contributed by atoms with Gasteiger partial charge in [-0.2, -0.15) is 4.31 Å². The molecule has 0 spiro atoms. The third-order valence-corrected chi connectivity index (χ3v) is 9.07. The van der Waals surface area contributed by atoms with Crippen LogP contribution in [0.3, 0.4) is 0 Å². The highest BCUT2D eigenvalue weighted by molar-refractivity contribution is 7.89. The van der Waals surface area contributed by atoms with Gasteiger partial charge in [0.1, 0.15) is 0 Å². The Morgan fingerprint density at radius 1 is 1.00 bits per heavy atom. The number of rotatable bonds is 6. The zero-order valence-corrected chi connectivity index (χ0v) is 21.1. The molecule has 35 heavy (non-hydrogen) atoms. The number of carbonyl (C=O) groups excluding carboxylic acids is 1. The van der Waals surface area contributed by atoms with E-state index in [0.29, 0.717) is 32.0 Å². The number of morpholine rings is 1. The summed E-state index contributed by atoms with van der Waals surface area (Å²) in [6, 6.07) is 13.4. The Balaban J connectivity index is 1.40. The van der Waals surface area contributed by atoms with E-state index >= 15 is 0 Å². The minimum atomic E-state index is -3.58. The number of carbonyl (C=O) groups is 1. The molecule has 3 heterocycles. The van der Waals surface area contributed by atoms with E-state index in [1.807, 2.05) is 29.2 Å². The number of fused-ring (bicyclic) bond motifs is 1. The van der Waals surface area contributed by atoms with E-state index in [4.69, 9.17) is 4.74 Å². The number of hydrogen-bond donors (Lipinski definition) is 1. The first-order chi connectivity index (χ1) is 16.9. The van der Waals surface area contributed by atoms with Gasteiger partial charge in [-0.3, -0.25) is 4.79 Å². The molecule has 0 bridgehead atoms. The fourth-order valence-electron chi connectivity index (χ4n) is 5.35. The summed E-state index contributed by atoms with van der Waals surface area (Å²) in [6.07, 6.45) is 3.68. The summed E-state index contributed by atoms with van der Waals surface area (Å²) in [6.45, 7) is 5.94. The standard InChI is InChI=1S/C26H34N4O4S/c1-20-17-21-7-3-4-8-24(21)30(20)26(31)19-27-23-18-22(35(32,33)29-11-5-2-6-12-29)9-10-25(23)28-13-15-34-16-14-28/h3-4,7-10,18,20,27H,2,5-6,11-17,19H2,1H3. The number of nitrogens with zero attached hydrogens (tertiary/aromatic N) is 3. The highest BCUT2D eigenvalue weighted by atomic mass is 32.2. The van der Waals surface area contributed by atoms with Crippen LogP contribution in [0, 0.1) is 0 Å². The van der Waals surface area contributed by atoms with Crippen LogP contribution in [0.15, 0.2) is 47.4 Å². The molecule has 0 aromatic heterocycles. The summed E-state index contributed by atoms with van der Waals surface area (Å²) in [5, 5.41) is 3.30. The maximum absolute atomic E-state index is 13.3. The number of para-hydroxylation sites is 1. The molecule has 0 saturated carbocycles. The fourth-order valence-corrected chi connectivity index (χ4v) is 6.90. The van der Waals surface area contributed by atoms with Crippen LogP contribution in [0.25, 0.3) is 0 Å². The van der Waals surface area contributed by atoms with Crippen molar-refractivity contribution in [1.29, 1.82) is 0 Å². The normalized spacial score (nSPS) is 21.1. The number of piperidine rings is 1.